The third-order valence-electron chi connectivity index (χ3n) is 2.88. The maximum Gasteiger partial charge on any atom is 0.288 e. The van der Waals surface area contributed by atoms with E-state index in [0.29, 0.717) is 6.54 Å². The lowest BCUT2D eigenvalue weighted by Crippen LogP contribution is -2.02. The number of hydrogen-bond donors (Lipinski definition) is 2. The van der Waals surface area contributed by atoms with Gasteiger partial charge in [0.2, 0.25) is 0 Å². The van der Waals surface area contributed by atoms with E-state index in [1.807, 2.05) is 6.07 Å². The number of nitro groups is 1. The Labute approximate surface area is 121 Å². The van der Waals surface area contributed by atoms with Crippen LogP contribution >= 0.6 is 11.6 Å². The summed E-state index contributed by atoms with van der Waals surface area (Å²) in [7, 11) is 0. The first-order valence-corrected chi connectivity index (χ1v) is 6.31. The number of nitro benzene ring substituents is 1. The van der Waals surface area contributed by atoms with Crippen LogP contribution in [0.25, 0.3) is 0 Å². The molecule has 0 unspecified atom stereocenters. The highest BCUT2D eigenvalue weighted by atomic mass is 35.5. The Morgan fingerprint density at radius 2 is 2.10 bits per heavy atom. The predicted octanol–water partition coefficient (Wildman–Crippen LogP) is 3.87. The van der Waals surface area contributed by atoms with Gasteiger partial charge in [0.1, 0.15) is 10.8 Å². The molecule has 0 aliphatic heterocycles. The zero-order chi connectivity index (χ0) is 14.7. The van der Waals surface area contributed by atoms with Crippen molar-refractivity contribution in [3.63, 3.8) is 0 Å². The number of nitrogens with one attached hydrogen (secondary N) is 1. The molecule has 0 aliphatic rings. The molecule has 0 amide bonds. The molecule has 6 heteroatoms. The number of rotatable bonds is 4. The second kappa shape index (κ2) is 5.79. The van der Waals surface area contributed by atoms with Gasteiger partial charge in [-0.2, -0.15) is 0 Å². The summed E-state index contributed by atoms with van der Waals surface area (Å²) in [5.74, 6) is 0.197. The van der Waals surface area contributed by atoms with E-state index in [2.05, 4.69) is 5.32 Å². The normalized spacial score (nSPS) is 10.3. The van der Waals surface area contributed by atoms with Crippen LogP contribution in [0.4, 0.5) is 11.4 Å². The Bertz CT molecular complexity index is 659. The summed E-state index contributed by atoms with van der Waals surface area (Å²) in [4.78, 5) is 10.3. The van der Waals surface area contributed by atoms with Crippen molar-refractivity contribution in [1.82, 2.24) is 0 Å². The molecule has 0 aromatic heterocycles. The van der Waals surface area contributed by atoms with Gasteiger partial charge in [0.25, 0.3) is 5.69 Å². The number of benzene rings is 2. The molecule has 0 radical (unpaired) electrons. The summed E-state index contributed by atoms with van der Waals surface area (Å²) in [5, 5.41) is 23.4. The Balaban J connectivity index is 2.18. The van der Waals surface area contributed by atoms with Crippen molar-refractivity contribution < 1.29 is 10.0 Å². The second-order valence-corrected chi connectivity index (χ2v) is 4.81. The van der Waals surface area contributed by atoms with Gasteiger partial charge in [-0.25, -0.2) is 0 Å². The second-order valence-electron chi connectivity index (χ2n) is 4.40. The van der Waals surface area contributed by atoms with Crippen molar-refractivity contribution in [3.05, 3.63) is 62.7 Å². The summed E-state index contributed by atoms with van der Waals surface area (Å²) in [6.45, 7) is 2.26. The largest absolute Gasteiger partial charge is 0.508 e. The van der Waals surface area contributed by atoms with Gasteiger partial charge in [0.15, 0.2) is 0 Å². The first kappa shape index (κ1) is 14.1. The van der Waals surface area contributed by atoms with E-state index in [1.165, 1.54) is 12.1 Å². The number of phenolic OH excluding ortho intramolecular Hbond substituents is 1. The molecule has 2 aromatic carbocycles. The van der Waals surface area contributed by atoms with E-state index >= 15 is 0 Å². The van der Waals surface area contributed by atoms with E-state index in [4.69, 9.17) is 11.6 Å². The van der Waals surface area contributed by atoms with Crippen molar-refractivity contribution in [2.24, 2.45) is 0 Å². The minimum absolute atomic E-state index is 0.0963. The molecule has 0 fully saturated rings. The van der Waals surface area contributed by atoms with Crippen molar-refractivity contribution in [2.75, 3.05) is 5.32 Å². The van der Waals surface area contributed by atoms with E-state index in [0.717, 1.165) is 16.8 Å². The SMILES string of the molecule is Cc1cc([N+](=O)[O-])c(Cl)cc1NCc1cccc(O)c1. The molecule has 0 bridgehead atoms. The number of halogens is 1. The fourth-order valence-electron chi connectivity index (χ4n) is 1.86. The number of nitrogens with zero attached hydrogens (tertiary/aromatic N) is 1. The summed E-state index contributed by atoms with van der Waals surface area (Å²) in [5.41, 5.74) is 2.26. The van der Waals surface area contributed by atoms with Crippen LogP contribution in [-0.2, 0) is 6.54 Å². The molecule has 5 nitrogen and oxygen atoms in total. The minimum Gasteiger partial charge on any atom is -0.508 e. The molecule has 2 rings (SSSR count). The van der Waals surface area contributed by atoms with Gasteiger partial charge in [-0.3, -0.25) is 10.1 Å². The van der Waals surface area contributed by atoms with Crippen LogP contribution in [0.5, 0.6) is 5.75 Å². The first-order chi connectivity index (χ1) is 9.47. The Hall–Kier alpha value is -2.27. The van der Waals surface area contributed by atoms with Crippen LogP contribution in [0.2, 0.25) is 5.02 Å². The first-order valence-electron chi connectivity index (χ1n) is 5.93. The zero-order valence-electron chi connectivity index (χ0n) is 10.8. The van der Waals surface area contributed by atoms with Gasteiger partial charge in [0.05, 0.1) is 4.92 Å². The molecule has 20 heavy (non-hydrogen) atoms. The number of aryl methyl sites for hydroxylation is 1. The van der Waals surface area contributed by atoms with Crippen LogP contribution in [0.15, 0.2) is 36.4 Å². The molecule has 0 atom stereocenters. The number of hydrogen-bond acceptors (Lipinski definition) is 4. The Morgan fingerprint density at radius 3 is 2.75 bits per heavy atom. The fraction of sp³-hybridized carbons (Fsp3) is 0.143. The lowest BCUT2D eigenvalue weighted by molar-refractivity contribution is -0.384. The van der Waals surface area contributed by atoms with Crippen molar-refractivity contribution in [2.45, 2.75) is 13.5 Å². The lowest BCUT2D eigenvalue weighted by Gasteiger charge is -2.10. The molecule has 0 aliphatic carbocycles. The monoisotopic (exact) mass is 292 g/mol. The summed E-state index contributed by atoms with van der Waals surface area (Å²) >= 11 is 5.88. The third-order valence-corrected chi connectivity index (χ3v) is 3.19. The van der Waals surface area contributed by atoms with Crippen LogP contribution < -0.4 is 5.32 Å². The quantitative estimate of drug-likeness (QED) is 0.662. The van der Waals surface area contributed by atoms with E-state index in [-0.39, 0.29) is 16.5 Å². The highest BCUT2D eigenvalue weighted by molar-refractivity contribution is 6.33. The van der Waals surface area contributed by atoms with Crippen LogP contribution in [0.1, 0.15) is 11.1 Å². The molecule has 104 valence electrons. The molecule has 0 spiro atoms. The van der Waals surface area contributed by atoms with Gasteiger partial charge in [-0.1, -0.05) is 23.7 Å². The number of anilines is 1. The zero-order valence-corrected chi connectivity index (χ0v) is 11.5. The van der Waals surface area contributed by atoms with Crippen LogP contribution in [0.3, 0.4) is 0 Å². The molecular weight excluding hydrogens is 280 g/mol. The van der Waals surface area contributed by atoms with Gasteiger partial charge in [-0.15, -0.1) is 0 Å². The molecule has 0 saturated carbocycles. The van der Waals surface area contributed by atoms with Crippen molar-refractivity contribution in [1.29, 1.82) is 0 Å². The minimum atomic E-state index is -0.506. The fourth-order valence-corrected chi connectivity index (χ4v) is 2.09. The van der Waals surface area contributed by atoms with E-state index in [1.54, 1.807) is 25.1 Å². The lowest BCUT2D eigenvalue weighted by atomic mass is 10.1. The Morgan fingerprint density at radius 1 is 1.35 bits per heavy atom. The van der Waals surface area contributed by atoms with Gasteiger partial charge >= 0.3 is 0 Å². The van der Waals surface area contributed by atoms with Gasteiger partial charge in [-0.05, 0) is 36.2 Å². The highest BCUT2D eigenvalue weighted by Gasteiger charge is 2.14. The van der Waals surface area contributed by atoms with E-state index < -0.39 is 4.92 Å². The van der Waals surface area contributed by atoms with Crippen molar-refractivity contribution in [3.8, 4) is 5.75 Å². The smallest absolute Gasteiger partial charge is 0.288 e. The van der Waals surface area contributed by atoms with Crippen LogP contribution in [-0.4, -0.2) is 10.0 Å². The summed E-state index contributed by atoms with van der Waals surface area (Å²) in [6.07, 6.45) is 0. The maximum absolute atomic E-state index is 10.8. The molecule has 0 heterocycles. The molecule has 2 N–H and O–H groups in total. The van der Waals surface area contributed by atoms with Crippen molar-refractivity contribution >= 4 is 23.0 Å². The number of aromatic hydroxyl groups is 1. The molecular formula is C14H13ClN2O3. The van der Waals surface area contributed by atoms with Gasteiger partial charge < -0.3 is 10.4 Å². The standard InChI is InChI=1S/C14H13ClN2O3/c1-9-5-14(17(19)20)12(15)7-13(9)16-8-10-3-2-4-11(18)6-10/h2-7,16,18H,8H2,1H3. The van der Waals surface area contributed by atoms with Crippen LogP contribution in [0, 0.1) is 17.0 Å². The summed E-state index contributed by atoms with van der Waals surface area (Å²) in [6, 6.07) is 9.84. The maximum atomic E-state index is 10.8. The topological polar surface area (TPSA) is 75.4 Å². The predicted molar refractivity (Wildman–Crippen MR) is 78.3 cm³/mol. The highest BCUT2D eigenvalue weighted by Crippen LogP contribution is 2.30. The average Bonchev–Trinajstić information content (AvgIpc) is 2.39. The number of phenols is 1. The third kappa shape index (κ3) is 3.19. The summed E-state index contributed by atoms with van der Waals surface area (Å²) < 4.78 is 0. The van der Waals surface area contributed by atoms with Gasteiger partial charge in [0, 0.05) is 18.3 Å². The molecule has 0 saturated heterocycles. The average molecular weight is 293 g/mol. The Kier molecular flexibility index (Phi) is 4.10. The van der Waals surface area contributed by atoms with E-state index in [9.17, 15) is 15.2 Å². The molecule has 2 aromatic rings.